The molecule has 2 rings (SSSR count). The van der Waals surface area contributed by atoms with Gasteiger partial charge in [-0.1, -0.05) is 30.2 Å². The molecule has 1 heteroatoms. The number of rotatable bonds is 5. The minimum Gasteiger partial charge on any atom is -0.378 e. The number of allylic oxidation sites excluding steroid dienone is 4. The molecule has 22 heavy (non-hydrogen) atoms. The van der Waals surface area contributed by atoms with Crippen molar-refractivity contribution in [2.45, 2.75) is 78.7 Å². The fraction of sp³-hybridized carbons (Fsp3) is 0.810. The Morgan fingerprint density at radius 2 is 2.18 bits per heavy atom. The lowest BCUT2D eigenvalue weighted by Crippen LogP contribution is -2.38. The summed E-state index contributed by atoms with van der Waals surface area (Å²) in [6, 6.07) is 0. The quantitative estimate of drug-likeness (QED) is 0.553. The van der Waals surface area contributed by atoms with E-state index in [-0.39, 0.29) is 5.60 Å². The highest BCUT2D eigenvalue weighted by atomic mass is 16.5. The van der Waals surface area contributed by atoms with Crippen LogP contribution in [0.15, 0.2) is 23.3 Å². The van der Waals surface area contributed by atoms with Crippen molar-refractivity contribution in [2.75, 3.05) is 7.11 Å². The standard InChI is InChI=1S/C21H36O/c1-15(2)8-7-9-16(3)18-12-13-21(5,22-6)20-11-10-17(4)19(20)14-18/h8,10,16,18-20H,7,9,11-14H2,1-6H3/t16-,18-,19-,20-,21+/m1/s1. The van der Waals surface area contributed by atoms with Crippen molar-refractivity contribution in [1.29, 1.82) is 0 Å². The molecule has 0 bridgehead atoms. The normalized spacial score (nSPS) is 36.3. The molecule has 126 valence electrons. The summed E-state index contributed by atoms with van der Waals surface area (Å²) >= 11 is 0. The first-order valence-electron chi connectivity index (χ1n) is 9.22. The molecule has 2 aliphatic rings. The summed E-state index contributed by atoms with van der Waals surface area (Å²) in [6.07, 6.45) is 12.6. The highest BCUT2D eigenvalue weighted by Crippen LogP contribution is 2.50. The van der Waals surface area contributed by atoms with Crippen LogP contribution in [-0.4, -0.2) is 12.7 Å². The van der Waals surface area contributed by atoms with Gasteiger partial charge in [0, 0.05) is 7.11 Å². The van der Waals surface area contributed by atoms with Gasteiger partial charge >= 0.3 is 0 Å². The van der Waals surface area contributed by atoms with Crippen molar-refractivity contribution >= 4 is 0 Å². The maximum atomic E-state index is 6.02. The molecule has 0 aliphatic heterocycles. The Balaban J connectivity index is 2.05. The Morgan fingerprint density at radius 3 is 2.82 bits per heavy atom. The molecule has 0 unspecified atom stereocenters. The van der Waals surface area contributed by atoms with Crippen LogP contribution in [0, 0.1) is 23.7 Å². The Kier molecular flexibility index (Phi) is 5.94. The van der Waals surface area contributed by atoms with Gasteiger partial charge in [0.2, 0.25) is 0 Å². The third kappa shape index (κ3) is 3.85. The summed E-state index contributed by atoms with van der Waals surface area (Å²) in [6.45, 7) is 11.6. The van der Waals surface area contributed by atoms with Crippen LogP contribution in [0.5, 0.6) is 0 Å². The van der Waals surface area contributed by atoms with Gasteiger partial charge in [-0.2, -0.15) is 0 Å². The van der Waals surface area contributed by atoms with E-state index in [0.717, 1.165) is 17.8 Å². The molecule has 0 radical (unpaired) electrons. The molecule has 0 heterocycles. The van der Waals surface area contributed by atoms with Gasteiger partial charge in [0.25, 0.3) is 0 Å². The Hall–Kier alpha value is -0.560. The van der Waals surface area contributed by atoms with Crippen molar-refractivity contribution in [2.24, 2.45) is 23.7 Å². The SMILES string of the molecule is CO[C@@]1(C)CC[C@@H]([C@H](C)CCC=C(C)C)C[C@@H]2C(C)=CC[C@H]21. The predicted molar refractivity (Wildman–Crippen MR) is 95.9 cm³/mol. The summed E-state index contributed by atoms with van der Waals surface area (Å²) in [5.41, 5.74) is 3.15. The monoisotopic (exact) mass is 304 g/mol. The van der Waals surface area contributed by atoms with Gasteiger partial charge in [-0.05, 0) is 89.9 Å². The molecule has 1 fully saturated rings. The number of fused-ring (bicyclic) bond motifs is 1. The van der Waals surface area contributed by atoms with Gasteiger partial charge in [-0.25, -0.2) is 0 Å². The topological polar surface area (TPSA) is 9.23 Å². The van der Waals surface area contributed by atoms with E-state index in [9.17, 15) is 0 Å². The molecular weight excluding hydrogens is 268 g/mol. The van der Waals surface area contributed by atoms with E-state index in [1.165, 1.54) is 44.1 Å². The van der Waals surface area contributed by atoms with Crippen LogP contribution >= 0.6 is 0 Å². The Bertz CT molecular complexity index is 429. The summed E-state index contributed by atoms with van der Waals surface area (Å²) in [5, 5.41) is 0. The van der Waals surface area contributed by atoms with Crippen LogP contribution in [0.2, 0.25) is 0 Å². The summed E-state index contributed by atoms with van der Waals surface area (Å²) < 4.78 is 6.02. The fourth-order valence-electron chi connectivity index (χ4n) is 4.71. The first-order valence-corrected chi connectivity index (χ1v) is 9.22. The Labute approximate surface area is 138 Å². The number of methoxy groups -OCH3 is 1. The molecule has 1 nitrogen and oxygen atoms in total. The average molecular weight is 305 g/mol. The molecule has 0 aromatic heterocycles. The van der Waals surface area contributed by atoms with E-state index in [2.05, 4.69) is 46.8 Å². The van der Waals surface area contributed by atoms with Crippen LogP contribution in [0.3, 0.4) is 0 Å². The van der Waals surface area contributed by atoms with Crippen LogP contribution in [-0.2, 0) is 4.74 Å². The second-order valence-electron chi connectivity index (χ2n) is 8.28. The molecule has 0 amide bonds. The number of hydrogen-bond acceptors (Lipinski definition) is 1. The van der Waals surface area contributed by atoms with Gasteiger partial charge in [0.1, 0.15) is 0 Å². The van der Waals surface area contributed by atoms with Crippen molar-refractivity contribution in [3.63, 3.8) is 0 Å². The number of ether oxygens (including phenoxy) is 1. The van der Waals surface area contributed by atoms with Crippen molar-refractivity contribution in [3.8, 4) is 0 Å². The highest BCUT2D eigenvalue weighted by Gasteiger charge is 2.45. The molecule has 0 saturated heterocycles. The average Bonchev–Trinajstić information content (AvgIpc) is 2.76. The smallest absolute Gasteiger partial charge is 0.0687 e. The lowest BCUT2D eigenvalue weighted by atomic mass is 9.76. The second-order valence-corrected chi connectivity index (χ2v) is 8.28. The lowest BCUT2D eigenvalue weighted by Gasteiger charge is -2.36. The molecule has 0 N–H and O–H groups in total. The van der Waals surface area contributed by atoms with E-state index in [1.54, 1.807) is 5.57 Å². The van der Waals surface area contributed by atoms with Crippen LogP contribution in [0.1, 0.15) is 73.1 Å². The summed E-state index contributed by atoms with van der Waals surface area (Å²) in [5.74, 6) is 3.14. The van der Waals surface area contributed by atoms with E-state index in [4.69, 9.17) is 4.74 Å². The number of hydrogen-bond donors (Lipinski definition) is 0. The first-order chi connectivity index (χ1) is 10.4. The minimum absolute atomic E-state index is 0.0767. The van der Waals surface area contributed by atoms with Crippen molar-refractivity contribution in [3.05, 3.63) is 23.3 Å². The van der Waals surface area contributed by atoms with E-state index >= 15 is 0 Å². The van der Waals surface area contributed by atoms with Gasteiger partial charge in [0.05, 0.1) is 5.60 Å². The fourth-order valence-corrected chi connectivity index (χ4v) is 4.71. The third-order valence-corrected chi connectivity index (χ3v) is 6.56. The molecule has 1 saturated carbocycles. The predicted octanol–water partition coefficient (Wildman–Crippen LogP) is 6.16. The first kappa shape index (κ1) is 17.8. The zero-order valence-corrected chi connectivity index (χ0v) is 15.6. The van der Waals surface area contributed by atoms with Crippen LogP contribution < -0.4 is 0 Å². The minimum atomic E-state index is 0.0767. The second kappa shape index (κ2) is 7.34. The van der Waals surface area contributed by atoms with E-state index in [0.29, 0.717) is 5.92 Å². The molecular formula is C21H36O. The zero-order chi connectivity index (χ0) is 16.3. The third-order valence-electron chi connectivity index (χ3n) is 6.56. The Morgan fingerprint density at radius 1 is 1.45 bits per heavy atom. The maximum absolute atomic E-state index is 6.02. The van der Waals surface area contributed by atoms with Gasteiger partial charge < -0.3 is 4.74 Å². The van der Waals surface area contributed by atoms with Gasteiger partial charge in [-0.15, -0.1) is 0 Å². The molecule has 0 spiro atoms. The van der Waals surface area contributed by atoms with E-state index < -0.39 is 0 Å². The molecule has 2 aliphatic carbocycles. The molecule has 0 aromatic carbocycles. The van der Waals surface area contributed by atoms with Crippen LogP contribution in [0.25, 0.3) is 0 Å². The highest BCUT2D eigenvalue weighted by molar-refractivity contribution is 5.17. The van der Waals surface area contributed by atoms with Gasteiger partial charge in [0.15, 0.2) is 0 Å². The largest absolute Gasteiger partial charge is 0.378 e. The van der Waals surface area contributed by atoms with Gasteiger partial charge in [-0.3, -0.25) is 0 Å². The van der Waals surface area contributed by atoms with Crippen molar-refractivity contribution < 1.29 is 4.74 Å². The summed E-state index contributed by atoms with van der Waals surface area (Å²) in [7, 11) is 1.92. The maximum Gasteiger partial charge on any atom is 0.0687 e. The summed E-state index contributed by atoms with van der Waals surface area (Å²) in [4.78, 5) is 0. The van der Waals surface area contributed by atoms with E-state index in [1.807, 2.05) is 7.11 Å². The lowest BCUT2D eigenvalue weighted by molar-refractivity contribution is -0.0551. The zero-order valence-electron chi connectivity index (χ0n) is 15.6. The molecule has 5 atom stereocenters. The van der Waals surface area contributed by atoms with Crippen LogP contribution in [0.4, 0.5) is 0 Å². The van der Waals surface area contributed by atoms with Crippen molar-refractivity contribution in [1.82, 2.24) is 0 Å². The molecule has 0 aromatic rings.